The molecule has 0 fully saturated rings. The van der Waals surface area contributed by atoms with Crippen molar-refractivity contribution >= 4 is 17.5 Å². The number of hydrogen-bond acceptors (Lipinski definition) is 3. The number of carbonyl (C=O) groups excluding carboxylic acids is 2. The number of likely N-dealkylation sites (N-methyl/N-ethyl adjacent to an activating group) is 1. The van der Waals surface area contributed by atoms with E-state index in [2.05, 4.69) is 0 Å². The number of amides is 2. The largest absolute Gasteiger partial charge is 0.508 e. The van der Waals surface area contributed by atoms with Crippen LogP contribution in [0.4, 0.5) is 14.5 Å². The summed E-state index contributed by atoms with van der Waals surface area (Å²) in [4.78, 5) is 24.9. The summed E-state index contributed by atoms with van der Waals surface area (Å²) in [6, 6.07) is 9.18. The molecule has 0 spiro atoms. The van der Waals surface area contributed by atoms with Crippen molar-refractivity contribution in [2.24, 2.45) is 0 Å². The summed E-state index contributed by atoms with van der Waals surface area (Å²) < 4.78 is 26.9. The van der Waals surface area contributed by atoms with Crippen molar-refractivity contribution in [1.29, 1.82) is 0 Å². The molecule has 23 heavy (non-hydrogen) atoms. The standard InChI is InChI=1S/C16H14F2N2O3/c1-20(9-10-5-7-11(21)8-6-10)16(23)15(22)19-14-12(17)3-2-4-13(14)18/h2-8,21H,9H2,1H3,(H,19,22). The number of hydrogen-bond donors (Lipinski definition) is 2. The second-order valence-electron chi connectivity index (χ2n) is 4.88. The van der Waals surface area contributed by atoms with E-state index >= 15 is 0 Å². The molecule has 2 aromatic carbocycles. The summed E-state index contributed by atoms with van der Waals surface area (Å²) >= 11 is 0. The molecule has 0 atom stereocenters. The summed E-state index contributed by atoms with van der Waals surface area (Å²) in [5, 5.41) is 11.1. The second-order valence-corrected chi connectivity index (χ2v) is 4.88. The van der Waals surface area contributed by atoms with Gasteiger partial charge in [-0.1, -0.05) is 18.2 Å². The van der Waals surface area contributed by atoms with E-state index in [0.29, 0.717) is 5.56 Å². The number of phenolic OH excluding ortho intramolecular Hbond substituents is 1. The van der Waals surface area contributed by atoms with Crippen molar-refractivity contribution in [1.82, 2.24) is 4.90 Å². The lowest BCUT2D eigenvalue weighted by atomic mass is 10.2. The van der Waals surface area contributed by atoms with Gasteiger partial charge >= 0.3 is 11.8 Å². The van der Waals surface area contributed by atoms with Crippen LogP contribution in [0, 0.1) is 11.6 Å². The topological polar surface area (TPSA) is 69.6 Å². The van der Waals surface area contributed by atoms with E-state index in [0.717, 1.165) is 23.1 Å². The molecule has 7 heteroatoms. The minimum Gasteiger partial charge on any atom is -0.508 e. The first-order valence-electron chi connectivity index (χ1n) is 6.67. The maximum atomic E-state index is 13.5. The van der Waals surface area contributed by atoms with E-state index in [4.69, 9.17) is 0 Å². The SMILES string of the molecule is CN(Cc1ccc(O)cc1)C(=O)C(=O)Nc1c(F)cccc1F. The van der Waals surface area contributed by atoms with Crippen LogP contribution in [0.25, 0.3) is 0 Å². The molecule has 0 radical (unpaired) electrons. The highest BCUT2D eigenvalue weighted by Crippen LogP contribution is 2.18. The Morgan fingerprint density at radius 3 is 2.22 bits per heavy atom. The minimum absolute atomic E-state index is 0.0792. The average molecular weight is 320 g/mol. The van der Waals surface area contributed by atoms with Crippen molar-refractivity contribution in [3.63, 3.8) is 0 Å². The van der Waals surface area contributed by atoms with Gasteiger partial charge < -0.3 is 15.3 Å². The highest BCUT2D eigenvalue weighted by Gasteiger charge is 2.21. The predicted molar refractivity (Wildman–Crippen MR) is 79.6 cm³/mol. The van der Waals surface area contributed by atoms with Crippen molar-refractivity contribution in [2.45, 2.75) is 6.54 Å². The molecule has 0 aliphatic carbocycles. The number of nitrogens with one attached hydrogen (secondary N) is 1. The molecular weight excluding hydrogens is 306 g/mol. The molecule has 0 aliphatic rings. The van der Waals surface area contributed by atoms with Gasteiger partial charge in [-0.2, -0.15) is 0 Å². The normalized spacial score (nSPS) is 10.2. The van der Waals surface area contributed by atoms with Gasteiger partial charge in [0.25, 0.3) is 0 Å². The number of aromatic hydroxyl groups is 1. The predicted octanol–water partition coefficient (Wildman–Crippen LogP) is 2.27. The molecule has 0 saturated heterocycles. The average Bonchev–Trinajstić information content (AvgIpc) is 2.52. The van der Waals surface area contributed by atoms with E-state index in [1.54, 1.807) is 12.1 Å². The first kappa shape index (κ1) is 16.4. The number of phenols is 1. The zero-order valence-electron chi connectivity index (χ0n) is 12.2. The van der Waals surface area contributed by atoms with Gasteiger partial charge in [-0.05, 0) is 29.8 Å². The van der Waals surface area contributed by atoms with Crippen LogP contribution in [0.15, 0.2) is 42.5 Å². The Hall–Kier alpha value is -2.96. The highest BCUT2D eigenvalue weighted by molar-refractivity contribution is 6.39. The van der Waals surface area contributed by atoms with E-state index in [1.165, 1.54) is 19.2 Å². The smallest absolute Gasteiger partial charge is 0.314 e. The van der Waals surface area contributed by atoms with Gasteiger partial charge in [0.2, 0.25) is 0 Å². The minimum atomic E-state index is -1.14. The first-order valence-corrected chi connectivity index (χ1v) is 6.67. The molecule has 2 amide bonds. The third-order valence-electron chi connectivity index (χ3n) is 3.10. The number of rotatable bonds is 3. The lowest BCUT2D eigenvalue weighted by Crippen LogP contribution is -2.37. The maximum absolute atomic E-state index is 13.5. The Kier molecular flexibility index (Phi) is 4.90. The third-order valence-corrected chi connectivity index (χ3v) is 3.10. The lowest BCUT2D eigenvalue weighted by Gasteiger charge is -2.17. The fourth-order valence-electron chi connectivity index (χ4n) is 1.90. The van der Waals surface area contributed by atoms with Crippen LogP contribution in [0.3, 0.4) is 0 Å². The van der Waals surface area contributed by atoms with Crippen molar-refractivity contribution in [3.8, 4) is 5.75 Å². The second kappa shape index (κ2) is 6.87. The summed E-state index contributed by atoms with van der Waals surface area (Å²) in [6.07, 6.45) is 0. The van der Waals surface area contributed by atoms with E-state index in [-0.39, 0.29) is 12.3 Å². The van der Waals surface area contributed by atoms with Crippen LogP contribution >= 0.6 is 0 Å². The lowest BCUT2D eigenvalue weighted by molar-refractivity contribution is -0.142. The van der Waals surface area contributed by atoms with Crippen LogP contribution in [0.1, 0.15) is 5.56 Å². The molecule has 0 aliphatic heterocycles. The van der Waals surface area contributed by atoms with Crippen LogP contribution < -0.4 is 5.32 Å². The molecule has 0 heterocycles. The first-order chi connectivity index (χ1) is 10.9. The number of benzene rings is 2. The van der Waals surface area contributed by atoms with Gasteiger partial charge in [-0.15, -0.1) is 0 Å². The van der Waals surface area contributed by atoms with Gasteiger partial charge in [0.05, 0.1) is 0 Å². The van der Waals surface area contributed by atoms with E-state index in [9.17, 15) is 23.5 Å². The number of carbonyl (C=O) groups is 2. The van der Waals surface area contributed by atoms with Gasteiger partial charge in [-0.3, -0.25) is 9.59 Å². The summed E-state index contributed by atoms with van der Waals surface area (Å²) in [5.74, 6) is -3.94. The Labute approximate surface area is 131 Å². The summed E-state index contributed by atoms with van der Waals surface area (Å²) in [7, 11) is 1.38. The van der Waals surface area contributed by atoms with Crippen LogP contribution in [0.5, 0.6) is 5.75 Å². The van der Waals surface area contributed by atoms with E-state index in [1.807, 2.05) is 5.32 Å². The number of halogens is 2. The molecular formula is C16H14F2N2O3. The zero-order valence-corrected chi connectivity index (χ0v) is 12.2. The fraction of sp³-hybridized carbons (Fsp3) is 0.125. The van der Waals surface area contributed by atoms with Crippen LogP contribution in [-0.4, -0.2) is 28.9 Å². The van der Waals surface area contributed by atoms with Gasteiger partial charge in [0.15, 0.2) is 0 Å². The number of para-hydroxylation sites is 1. The Morgan fingerprint density at radius 2 is 1.65 bits per heavy atom. The molecule has 2 aromatic rings. The molecule has 2 N–H and O–H groups in total. The van der Waals surface area contributed by atoms with Crippen molar-refractivity contribution < 1.29 is 23.5 Å². The monoisotopic (exact) mass is 320 g/mol. The Morgan fingerprint density at radius 1 is 1.09 bits per heavy atom. The third kappa shape index (κ3) is 4.03. The summed E-state index contributed by atoms with van der Waals surface area (Å²) in [6.45, 7) is 0.103. The van der Waals surface area contributed by atoms with Crippen LogP contribution in [-0.2, 0) is 16.1 Å². The molecule has 2 rings (SSSR count). The molecule has 0 unspecified atom stereocenters. The Balaban J connectivity index is 2.04. The van der Waals surface area contributed by atoms with Gasteiger partial charge in [-0.25, -0.2) is 8.78 Å². The number of anilines is 1. The van der Waals surface area contributed by atoms with E-state index < -0.39 is 29.1 Å². The summed E-state index contributed by atoms with van der Waals surface area (Å²) in [5.41, 5.74) is 0.0207. The maximum Gasteiger partial charge on any atom is 0.314 e. The van der Waals surface area contributed by atoms with Gasteiger partial charge in [0.1, 0.15) is 23.1 Å². The molecule has 0 bridgehead atoms. The zero-order chi connectivity index (χ0) is 17.0. The fourth-order valence-corrected chi connectivity index (χ4v) is 1.90. The number of nitrogens with zero attached hydrogens (tertiary/aromatic N) is 1. The molecule has 5 nitrogen and oxygen atoms in total. The Bertz CT molecular complexity index is 712. The van der Waals surface area contributed by atoms with Crippen LogP contribution in [0.2, 0.25) is 0 Å². The quantitative estimate of drug-likeness (QED) is 0.852. The van der Waals surface area contributed by atoms with Gasteiger partial charge in [0, 0.05) is 13.6 Å². The van der Waals surface area contributed by atoms with Crippen molar-refractivity contribution in [2.75, 3.05) is 12.4 Å². The molecule has 0 aromatic heterocycles. The molecule has 0 saturated carbocycles. The highest BCUT2D eigenvalue weighted by atomic mass is 19.1. The molecule has 120 valence electrons. The van der Waals surface area contributed by atoms with Crippen molar-refractivity contribution in [3.05, 3.63) is 59.7 Å².